The molecule has 1 aliphatic rings. The quantitative estimate of drug-likeness (QED) is 0.577. The van der Waals surface area contributed by atoms with Crippen LogP contribution in [0.4, 0.5) is 0 Å². The van der Waals surface area contributed by atoms with Crippen LogP contribution in [-0.2, 0) is 0 Å². The third-order valence-corrected chi connectivity index (χ3v) is 2.59. The van der Waals surface area contributed by atoms with Gasteiger partial charge in [-0.1, -0.05) is 13.3 Å². The predicted molar refractivity (Wildman–Crippen MR) is 41.6 cm³/mol. The summed E-state index contributed by atoms with van der Waals surface area (Å²) >= 11 is 0. The first kappa shape index (κ1) is 8.02. The SMILES string of the molecule is CC[C@H]1C[C@H](C(O)NC)C1. The molecular formula is C8H17NO. The highest BCUT2D eigenvalue weighted by Gasteiger charge is 2.31. The Kier molecular flexibility index (Phi) is 2.69. The Labute approximate surface area is 62.6 Å². The highest BCUT2D eigenvalue weighted by atomic mass is 16.3. The molecule has 1 aliphatic carbocycles. The fraction of sp³-hybridized carbons (Fsp3) is 1.00. The summed E-state index contributed by atoms with van der Waals surface area (Å²) in [5, 5.41) is 12.1. The van der Waals surface area contributed by atoms with Crippen molar-refractivity contribution in [3.05, 3.63) is 0 Å². The van der Waals surface area contributed by atoms with E-state index in [-0.39, 0.29) is 6.23 Å². The Morgan fingerprint density at radius 2 is 2.20 bits per heavy atom. The molecular weight excluding hydrogens is 126 g/mol. The topological polar surface area (TPSA) is 32.3 Å². The van der Waals surface area contributed by atoms with Crippen molar-refractivity contribution in [2.75, 3.05) is 7.05 Å². The van der Waals surface area contributed by atoms with Crippen LogP contribution in [0.15, 0.2) is 0 Å². The average molecular weight is 143 g/mol. The third kappa shape index (κ3) is 1.50. The van der Waals surface area contributed by atoms with E-state index in [0.717, 1.165) is 5.92 Å². The lowest BCUT2D eigenvalue weighted by atomic mass is 9.73. The molecule has 0 aliphatic heterocycles. The second kappa shape index (κ2) is 3.35. The summed E-state index contributed by atoms with van der Waals surface area (Å²) < 4.78 is 0. The summed E-state index contributed by atoms with van der Waals surface area (Å²) in [4.78, 5) is 0. The molecule has 0 aromatic carbocycles. The van der Waals surface area contributed by atoms with Crippen molar-refractivity contribution in [3.8, 4) is 0 Å². The first-order valence-corrected chi connectivity index (χ1v) is 4.13. The van der Waals surface area contributed by atoms with Crippen LogP contribution in [0, 0.1) is 11.8 Å². The second-order valence-electron chi connectivity index (χ2n) is 3.24. The first-order chi connectivity index (χ1) is 4.77. The van der Waals surface area contributed by atoms with Gasteiger partial charge < -0.3 is 5.11 Å². The molecule has 0 bridgehead atoms. The molecule has 1 rings (SSSR count). The van der Waals surface area contributed by atoms with E-state index >= 15 is 0 Å². The van der Waals surface area contributed by atoms with E-state index in [1.165, 1.54) is 19.3 Å². The molecule has 0 aromatic heterocycles. The van der Waals surface area contributed by atoms with Crippen LogP contribution in [-0.4, -0.2) is 18.4 Å². The highest BCUT2D eigenvalue weighted by molar-refractivity contribution is 4.81. The summed E-state index contributed by atoms with van der Waals surface area (Å²) in [6.07, 6.45) is 3.42. The predicted octanol–water partition coefficient (Wildman–Crippen LogP) is 0.960. The van der Waals surface area contributed by atoms with Crippen LogP contribution < -0.4 is 5.32 Å². The van der Waals surface area contributed by atoms with Gasteiger partial charge in [-0.05, 0) is 31.7 Å². The van der Waals surface area contributed by atoms with Gasteiger partial charge in [-0.3, -0.25) is 5.32 Å². The molecule has 2 heteroatoms. The van der Waals surface area contributed by atoms with Gasteiger partial charge >= 0.3 is 0 Å². The van der Waals surface area contributed by atoms with Crippen molar-refractivity contribution in [3.63, 3.8) is 0 Å². The van der Waals surface area contributed by atoms with Crippen molar-refractivity contribution in [1.29, 1.82) is 0 Å². The Bertz CT molecular complexity index is 99.4. The standard InChI is InChI=1S/C8H17NO/c1-3-6-4-7(5-6)8(10)9-2/h6-10H,3-5H2,1-2H3/t6-,7-,8?. The maximum absolute atomic E-state index is 9.28. The number of aliphatic hydroxyl groups is 1. The van der Waals surface area contributed by atoms with E-state index in [4.69, 9.17) is 0 Å². The first-order valence-electron chi connectivity index (χ1n) is 4.13. The van der Waals surface area contributed by atoms with Crippen molar-refractivity contribution >= 4 is 0 Å². The van der Waals surface area contributed by atoms with E-state index in [0.29, 0.717) is 5.92 Å². The van der Waals surface area contributed by atoms with Gasteiger partial charge in [0, 0.05) is 0 Å². The Morgan fingerprint density at radius 1 is 1.60 bits per heavy atom. The van der Waals surface area contributed by atoms with Crippen LogP contribution >= 0.6 is 0 Å². The summed E-state index contributed by atoms with van der Waals surface area (Å²) in [5.74, 6) is 1.41. The lowest BCUT2D eigenvalue weighted by molar-refractivity contribution is 0.00927. The minimum Gasteiger partial charge on any atom is -0.378 e. The van der Waals surface area contributed by atoms with E-state index < -0.39 is 0 Å². The third-order valence-electron chi connectivity index (χ3n) is 2.59. The molecule has 1 saturated carbocycles. The zero-order chi connectivity index (χ0) is 7.56. The van der Waals surface area contributed by atoms with E-state index in [9.17, 15) is 5.11 Å². The Morgan fingerprint density at radius 3 is 2.60 bits per heavy atom. The second-order valence-corrected chi connectivity index (χ2v) is 3.24. The number of rotatable bonds is 3. The normalized spacial score (nSPS) is 35.1. The van der Waals surface area contributed by atoms with Crippen molar-refractivity contribution in [2.24, 2.45) is 11.8 Å². The number of hydrogen-bond donors (Lipinski definition) is 2. The molecule has 10 heavy (non-hydrogen) atoms. The van der Waals surface area contributed by atoms with Crippen molar-refractivity contribution in [1.82, 2.24) is 5.32 Å². The fourth-order valence-corrected chi connectivity index (χ4v) is 1.61. The molecule has 0 aromatic rings. The van der Waals surface area contributed by atoms with Crippen LogP contribution in [0.2, 0.25) is 0 Å². The molecule has 2 nitrogen and oxygen atoms in total. The molecule has 1 atom stereocenters. The van der Waals surface area contributed by atoms with Crippen LogP contribution in [0.5, 0.6) is 0 Å². The molecule has 0 saturated heterocycles. The zero-order valence-corrected chi connectivity index (χ0v) is 6.80. The highest BCUT2D eigenvalue weighted by Crippen LogP contribution is 2.37. The number of aliphatic hydroxyl groups excluding tert-OH is 1. The maximum atomic E-state index is 9.28. The van der Waals surface area contributed by atoms with Gasteiger partial charge in [0.05, 0.1) is 0 Å². The van der Waals surface area contributed by atoms with Gasteiger partial charge in [-0.15, -0.1) is 0 Å². The minimum atomic E-state index is -0.261. The molecule has 0 spiro atoms. The summed E-state index contributed by atoms with van der Waals surface area (Å²) in [7, 11) is 1.81. The molecule has 2 N–H and O–H groups in total. The van der Waals surface area contributed by atoms with E-state index in [2.05, 4.69) is 12.2 Å². The van der Waals surface area contributed by atoms with Gasteiger partial charge in [0.15, 0.2) is 0 Å². The molecule has 1 fully saturated rings. The maximum Gasteiger partial charge on any atom is 0.107 e. The van der Waals surface area contributed by atoms with Crippen LogP contribution in [0.3, 0.4) is 0 Å². The zero-order valence-electron chi connectivity index (χ0n) is 6.80. The van der Waals surface area contributed by atoms with Gasteiger partial charge in [-0.25, -0.2) is 0 Å². The summed E-state index contributed by atoms with van der Waals surface area (Å²) in [6.45, 7) is 2.21. The Balaban J connectivity index is 2.13. The lowest BCUT2D eigenvalue weighted by Crippen LogP contribution is -2.40. The van der Waals surface area contributed by atoms with Crippen molar-refractivity contribution in [2.45, 2.75) is 32.4 Å². The molecule has 1 unspecified atom stereocenters. The molecule has 60 valence electrons. The fourth-order valence-electron chi connectivity index (χ4n) is 1.61. The average Bonchev–Trinajstić information content (AvgIpc) is 1.85. The van der Waals surface area contributed by atoms with Crippen LogP contribution in [0.1, 0.15) is 26.2 Å². The molecule has 0 radical (unpaired) electrons. The minimum absolute atomic E-state index is 0.261. The van der Waals surface area contributed by atoms with Gasteiger partial charge in [0.25, 0.3) is 0 Å². The summed E-state index contributed by atoms with van der Waals surface area (Å²) in [6, 6.07) is 0. The van der Waals surface area contributed by atoms with Crippen LogP contribution in [0.25, 0.3) is 0 Å². The molecule has 0 amide bonds. The number of hydrogen-bond acceptors (Lipinski definition) is 2. The van der Waals surface area contributed by atoms with Gasteiger partial charge in [0.1, 0.15) is 6.23 Å². The van der Waals surface area contributed by atoms with E-state index in [1.54, 1.807) is 0 Å². The monoisotopic (exact) mass is 143 g/mol. The largest absolute Gasteiger partial charge is 0.378 e. The number of nitrogens with one attached hydrogen (secondary N) is 1. The van der Waals surface area contributed by atoms with Gasteiger partial charge in [0.2, 0.25) is 0 Å². The smallest absolute Gasteiger partial charge is 0.107 e. The Hall–Kier alpha value is -0.0800. The summed E-state index contributed by atoms with van der Waals surface area (Å²) in [5.41, 5.74) is 0. The lowest BCUT2D eigenvalue weighted by Gasteiger charge is -2.37. The van der Waals surface area contributed by atoms with Gasteiger partial charge in [-0.2, -0.15) is 0 Å². The van der Waals surface area contributed by atoms with Crippen molar-refractivity contribution < 1.29 is 5.11 Å². The van der Waals surface area contributed by atoms with E-state index in [1.807, 2.05) is 7.05 Å². The molecule has 0 heterocycles.